The van der Waals surface area contributed by atoms with Gasteiger partial charge in [-0.2, -0.15) is 9.61 Å². The van der Waals surface area contributed by atoms with Crippen LogP contribution in [-0.2, 0) is 4.74 Å². The molecule has 0 spiro atoms. The largest absolute Gasteiger partial charge is 0.379 e. The van der Waals surface area contributed by atoms with Crippen molar-refractivity contribution in [1.29, 1.82) is 0 Å². The van der Waals surface area contributed by atoms with E-state index in [1.54, 1.807) is 47.6 Å². The fourth-order valence-electron chi connectivity index (χ4n) is 4.63. The second-order valence-corrected chi connectivity index (χ2v) is 8.97. The third-order valence-corrected chi connectivity index (χ3v) is 6.79. The second kappa shape index (κ2) is 9.10. The van der Waals surface area contributed by atoms with Gasteiger partial charge in [0.2, 0.25) is 0 Å². The topological polar surface area (TPSA) is 130 Å². The van der Waals surface area contributed by atoms with Crippen LogP contribution in [0, 0.1) is 0 Å². The lowest BCUT2D eigenvalue weighted by Gasteiger charge is -2.35. The molecule has 2 atom stereocenters. The number of para-hydroxylation sites is 1. The first-order valence-corrected chi connectivity index (χ1v) is 12.0. The molecule has 0 aliphatic heterocycles. The van der Waals surface area contributed by atoms with Crippen molar-refractivity contribution in [2.24, 2.45) is 0 Å². The van der Waals surface area contributed by atoms with Crippen molar-refractivity contribution in [2.45, 2.75) is 25.0 Å². The zero-order valence-electron chi connectivity index (χ0n) is 20.4. The van der Waals surface area contributed by atoms with Crippen LogP contribution in [-0.4, -0.2) is 56.4 Å². The summed E-state index contributed by atoms with van der Waals surface area (Å²) < 4.78 is 8.49. The molecule has 6 rings (SSSR count). The minimum absolute atomic E-state index is 0.0151. The zero-order chi connectivity index (χ0) is 25.5. The Hall–Kier alpha value is -4.64. The Morgan fingerprint density at radius 3 is 2.78 bits per heavy atom. The number of anilines is 3. The van der Waals surface area contributed by atoms with Crippen LogP contribution >= 0.6 is 0 Å². The van der Waals surface area contributed by atoms with E-state index in [1.807, 2.05) is 30.3 Å². The van der Waals surface area contributed by atoms with Gasteiger partial charge in [0.1, 0.15) is 28.7 Å². The Morgan fingerprint density at radius 2 is 2.03 bits per heavy atom. The molecule has 11 heteroatoms. The van der Waals surface area contributed by atoms with Crippen molar-refractivity contribution in [3.05, 3.63) is 76.8 Å². The maximum absolute atomic E-state index is 13.4. The van der Waals surface area contributed by atoms with Crippen molar-refractivity contribution in [2.75, 3.05) is 24.8 Å². The summed E-state index contributed by atoms with van der Waals surface area (Å²) in [6.07, 6.45) is 5.00. The number of ether oxygens (including phenoxy) is 1. The first-order chi connectivity index (χ1) is 18.1. The Kier molecular flexibility index (Phi) is 5.61. The molecule has 37 heavy (non-hydrogen) atoms. The molecular weight excluding hydrogens is 472 g/mol. The Morgan fingerprint density at radius 1 is 1.16 bits per heavy atom. The lowest BCUT2D eigenvalue weighted by molar-refractivity contribution is 0.00732. The number of amides is 1. The number of H-pyrrole nitrogens is 1. The van der Waals surface area contributed by atoms with E-state index in [9.17, 15) is 9.59 Å². The number of hydrogen-bond donors (Lipinski definition) is 4. The van der Waals surface area contributed by atoms with E-state index in [0.29, 0.717) is 34.4 Å². The predicted molar refractivity (Wildman–Crippen MR) is 141 cm³/mol. The first kappa shape index (κ1) is 22.8. The van der Waals surface area contributed by atoms with Crippen LogP contribution in [0.15, 0.2) is 65.7 Å². The third-order valence-electron chi connectivity index (χ3n) is 6.79. The summed E-state index contributed by atoms with van der Waals surface area (Å²) in [5.41, 5.74) is 1.74. The standard InChI is InChI=1S/C26H26N8O3/c1-27-22-13-21(32-24-16(14-28-34(22)24)25(35)31-18-9-10-20(18)37-2)29-19-8-5-11-33(26(19)36)23-12-15-6-3-4-7-17(15)30-23/h3-8,11-14,18,20,27,30H,9-10H2,1-2H3,(H,29,32)(H,31,35)/t18-,20-/m1/s1. The summed E-state index contributed by atoms with van der Waals surface area (Å²) in [5.74, 6) is 1.40. The van der Waals surface area contributed by atoms with Gasteiger partial charge in [0.05, 0.1) is 18.3 Å². The molecule has 0 saturated heterocycles. The van der Waals surface area contributed by atoms with Crippen molar-refractivity contribution in [3.8, 4) is 5.82 Å². The van der Waals surface area contributed by atoms with E-state index in [0.717, 1.165) is 23.7 Å². The molecule has 0 bridgehead atoms. The van der Waals surface area contributed by atoms with Gasteiger partial charge in [0, 0.05) is 37.3 Å². The van der Waals surface area contributed by atoms with Gasteiger partial charge in [-0.15, -0.1) is 0 Å². The van der Waals surface area contributed by atoms with Crippen LogP contribution in [0.2, 0.25) is 0 Å². The minimum atomic E-state index is -0.269. The zero-order valence-corrected chi connectivity index (χ0v) is 20.4. The van der Waals surface area contributed by atoms with Crippen LogP contribution in [0.5, 0.6) is 0 Å². The number of hydrogen-bond acceptors (Lipinski definition) is 7. The van der Waals surface area contributed by atoms with Crippen molar-refractivity contribution < 1.29 is 9.53 Å². The molecule has 1 aliphatic rings. The maximum atomic E-state index is 13.4. The lowest BCUT2D eigenvalue weighted by Crippen LogP contribution is -2.51. The van der Waals surface area contributed by atoms with Gasteiger partial charge in [0.25, 0.3) is 11.5 Å². The maximum Gasteiger partial charge on any atom is 0.279 e. The predicted octanol–water partition coefficient (Wildman–Crippen LogP) is 3.05. The molecule has 5 aromatic rings. The summed E-state index contributed by atoms with van der Waals surface area (Å²) in [6, 6.07) is 14.9. The highest BCUT2D eigenvalue weighted by Gasteiger charge is 2.33. The number of carbonyl (C=O) groups is 1. The molecule has 4 heterocycles. The highest BCUT2D eigenvalue weighted by Crippen LogP contribution is 2.25. The number of aromatic nitrogens is 5. The van der Waals surface area contributed by atoms with Gasteiger partial charge < -0.3 is 25.7 Å². The van der Waals surface area contributed by atoms with E-state index in [1.165, 1.54) is 6.20 Å². The van der Waals surface area contributed by atoms with E-state index in [-0.39, 0.29) is 23.6 Å². The van der Waals surface area contributed by atoms with Crippen molar-refractivity contribution >= 4 is 39.8 Å². The highest BCUT2D eigenvalue weighted by atomic mass is 16.5. The molecule has 1 aromatic carbocycles. The third kappa shape index (κ3) is 3.99. The number of methoxy groups -OCH3 is 1. The SMILES string of the molecule is CNc1cc(Nc2cccn(-c3cc4ccccc4[nH]3)c2=O)nc2c(C(=O)N[C@@H]3CC[C@H]3OC)cnn12. The van der Waals surface area contributed by atoms with Crippen molar-refractivity contribution in [1.82, 2.24) is 29.5 Å². The summed E-state index contributed by atoms with van der Waals surface area (Å²) in [4.78, 5) is 34.3. The first-order valence-electron chi connectivity index (χ1n) is 12.0. The molecule has 0 radical (unpaired) electrons. The summed E-state index contributed by atoms with van der Waals surface area (Å²) in [7, 11) is 3.40. The van der Waals surface area contributed by atoms with E-state index >= 15 is 0 Å². The van der Waals surface area contributed by atoms with Gasteiger partial charge in [-0.25, -0.2) is 4.98 Å². The van der Waals surface area contributed by atoms with Gasteiger partial charge in [-0.05, 0) is 37.1 Å². The molecule has 188 valence electrons. The number of pyridine rings is 1. The normalized spacial score (nSPS) is 17.0. The van der Waals surface area contributed by atoms with Crippen molar-refractivity contribution in [3.63, 3.8) is 0 Å². The molecule has 1 saturated carbocycles. The van der Waals surface area contributed by atoms with E-state index in [2.05, 4.69) is 31.0 Å². The molecule has 0 unspecified atom stereocenters. The number of nitrogens with one attached hydrogen (secondary N) is 4. The number of carbonyl (C=O) groups excluding carboxylic acids is 1. The summed E-state index contributed by atoms with van der Waals surface area (Å²) in [5, 5.41) is 14.6. The fraction of sp³-hybridized carbons (Fsp3) is 0.231. The molecule has 1 amide bonds. The van der Waals surface area contributed by atoms with Gasteiger partial charge in [0.15, 0.2) is 5.65 Å². The van der Waals surface area contributed by atoms with E-state index < -0.39 is 0 Å². The average Bonchev–Trinajstić information content (AvgIpc) is 3.52. The fourth-order valence-corrected chi connectivity index (χ4v) is 4.63. The van der Waals surface area contributed by atoms with Gasteiger partial charge >= 0.3 is 0 Å². The summed E-state index contributed by atoms with van der Waals surface area (Å²) >= 11 is 0. The molecular formula is C26H26N8O3. The smallest absolute Gasteiger partial charge is 0.279 e. The lowest BCUT2D eigenvalue weighted by atomic mass is 9.89. The second-order valence-electron chi connectivity index (χ2n) is 8.97. The number of rotatable bonds is 7. The number of benzene rings is 1. The van der Waals surface area contributed by atoms with Crippen LogP contribution in [0.1, 0.15) is 23.2 Å². The molecule has 4 aromatic heterocycles. The number of fused-ring (bicyclic) bond motifs is 2. The Balaban J connectivity index is 1.34. The number of aromatic amines is 1. The van der Waals surface area contributed by atoms with Crippen LogP contribution in [0.3, 0.4) is 0 Å². The van der Waals surface area contributed by atoms with Crippen LogP contribution in [0.4, 0.5) is 17.3 Å². The van der Waals surface area contributed by atoms with Crippen LogP contribution in [0.25, 0.3) is 22.4 Å². The molecule has 1 fully saturated rings. The molecule has 4 N–H and O–H groups in total. The average molecular weight is 499 g/mol. The Bertz CT molecular complexity index is 1650. The highest BCUT2D eigenvalue weighted by molar-refractivity contribution is 6.00. The van der Waals surface area contributed by atoms with E-state index in [4.69, 9.17) is 4.74 Å². The number of nitrogens with zero attached hydrogens (tertiary/aromatic N) is 4. The van der Waals surface area contributed by atoms with Crippen LogP contribution < -0.4 is 21.5 Å². The quantitative estimate of drug-likeness (QED) is 0.271. The summed E-state index contributed by atoms with van der Waals surface area (Å²) in [6.45, 7) is 0. The molecule has 1 aliphatic carbocycles. The Labute approximate surface area is 211 Å². The van der Waals surface area contributed by atoms with Gasteiger partial charge in [-0.1, -0.05) is 18.2 Å². The molecule has 11 nitrogen and oxygen atoms in total. The minimum Gasteiger partial charge on any atom is -0.379 e. The van der Waals surface area contributed by atoms with Gasteiger partial charge in [-0.3, -0.25) is 14.2 Å². The monoisotopic (exact) mass is 498 g/mol.